The first-order valence-corrected chi connectivity index (χ1v) is 9.99. The minimum absolute atomic E-state index is 0.0814. The number of carboxylic acids is 1. The Labute approximate surface area is 153 Å². The zero-order valence-corrected chi connectivity index (χ0v) is 15.7. The van der Waals surface area contributed by atoms with Crippen LogP contribution in [0.4, 0.5) is 0 Å². The molecule has 1 unspecified atom stereocenters. The second-order valence-electron chi connectivity index (χ2n) is 5.97. The van der Waals surface area contributed by atoms with E-state index in [0.717, 1.165) is 0 Å². The van der Waals surface area contributed by atoms with Crippen molar-refractivity contribution in [3.8, 4) is 0 Å². The number of ether oxygens (including phenoxy) is 1. The number of hydrogen-bond donors (Lipinski definition) is 2. The molecule has 0 aliphatic carbocycles. The molecule has 1 aliphatic heterocycles. The number of amides is 1. The Kier molecular flexibility index (Phi) is 6.74. The summed E-state index contributed by atoms with van der Waals surface area (Å²) in [5.41, 5.74) is 0.729. The van der Waals surface area contributed by atoms with Gasteiger partial charge in [0.05, 0.1) is 18.1 Å². The molecule has 2 rings (SSSR count). The molecule has 1 heterocycles. The molecule has 144 valence electrons. The molecular formula is C17H24N2O6S. The number of morpholine rings is 1. The van der Waals surface area contributed by atoms with E-state index in [1.165, 1.54) is 16.4 Å². The van der Waals surface area contributed by atoms with Gasteiger partial charge in [0, 0.05) is 18.7 Å². The van der Waals surface area contributed by atoms with Crippen LogP contribution in [-0.2, 0) is 26.0 Å². The van der Waals surface area contributed by atoms with Crippen molar-refractivity contribution in [1.29, 1.82) is 0 Å². The van der Waals surface area contributed by atoms with Gasteiger partial charge in [0.15, 0.2) is 0 Å². The van der Waals surface area contributed by atoms with Crippen molar-refractivity contribution in [1.82, 2.24) is 9.62 Å². The molecule has 26 heavy (non-hydrogen) atoms. The minimum atomic E-state index is -3.75. The van der Waals surface area contributed by atoms with Crippen LogP contribution in [0.3, 0.4) is 0 Å². The number of nitrogens with zero attached hydrogens (tertiary/aromatic N) is 1. The number of aliphatic carboxylic acids is 1. The van der Waals surface area contributed by atoms with Crippen molar-refractivity contribution in [2.75, 3.05) is 26.3 Å². The van der Waals surface area contributed by atoms with Crippen LogP contribution in [0.25, 0.3) is 0 Å². The average molecular weight is 384 g/mol. The van der Waals surface area contributed by atoms with Gasteiger partial charge in [-0.3, -0.25) is 4.79 Å². The van der Waals surface area contributed by atoms with Gasteiger partial charge in [-0.2, -0.15) is 4.31 Å². The summed E-state index contributed by atoms with van der Waals surface area (Å²) in [7, 11) is -3.75. The Bertz CT molecular complexity index is 771. The van der Waals surface area contributed by atoms with Crippen molar-refractivity contribution in [3.63, 3.8) is 0 Å². The van der Waals surface area contributed by atoms with E-state index in [1.807, 2.05) is 6.92 Å². The lowest BCUT2D eigenvalue weighted by Gasteiger charge is -2.27. The second kappa shape index (κ2) is 8.61. The van der Waals surface area contributed by atoms with Gasteiger partial charge in [0.2, 0.25) is 10.0 Å². The van der Waals surface area contributed by atoms with E-state index in [2.05, 4.69) is 5.32 Å². The van der Waals surface area contributed by atoms with Crippen LogP contribution in [0.15, 0.2) is 23.1 Å². The number of nitrogens with one attached hydrogen (secondary N) is 1. The molecule has 8 nitrogen and oxygen atoms in total. The number of carboxylic acid groups (broad SMARTS) is 1. The summed E-state index contributed by atoms with van der Waals surface area (Å²) in [5, 5.41) is 11.5. The summed E-state index contributed by atoms with van der Waals surface area (Å²) in [6, 6.07) is 3.42. The molecule has 1 saturated heterocycles. The van der Waals surface area contributed by atoms with Crippen LogP contribution in [0.5, 0.6) is 0 Å². The maximum atomic E-state index is 13.0. The van der Waals surface area contributed by atoms with Gasteiger partial charge in [-0.05, 0) is 30.5 Å². The first kappa shape index (κ1) is 20.3. The molecule has 0 spiro atoms. The summed E-state index contributed by atoms with van der Waals surface area (Å²) in [6.45, 7) is 4.67. The summed E-state index contributed by atoms with van der Waals surface area (Å²) < 4.78 is 32.5. The third kappa shape index (κ3) is 4.40. The molecule has 1 amide bonds. The molecule has 2 N–H and O–H groups in total. The quantitative estimate of drug-likeness (QED) is 0.721. The van der Waals surface area contributed by atoms with E-state index in [0.29, 0.717) is 25.2 Å². The Morgan fingerprint density at radius 1 is 1.27 bits per heavy atom. The lowest BCUT2D eigenvalue weighted by Crippen LogP contribution is -2.41. The summed E-state index contributed by atoms with van der Waals surface area (Å²) in [6.07, 6.45) is 0.723. The largest absolute Gasteiger partial charge is 0.480 e. The first-order valence-electron chi connectivity index (χ1n) is 8.55. The van der Waals surface area contributed by atoms with Gasteiger partial charge >= 0.3 is 5.97 Å². The van der Waals surface area contributed by atoms with Crippen LogP contribution >= 0.6 is 0 Å². The van der Waals surface area contributed by atoms with Gasteiger partial charge in [-0.15, -0.1) is 0 Å². The van der Waals surface area contributed by atoms with Crippen molar-refractivity contribution in [2.45, 2.75) is 37.6 Å². The van der Waals surface area contributed by atoms with Gasteiger partial charge < -0.3 is 15.2 Å². The Balaban J connectivity index is 2.36. The van der Waals surface area contributed by atoms with Crippen LogP contribution in [0.2, 0.25) is 0 Å². The fraction of sp³-hybridized carbons (Fsp3) is 0.529. The average Bonchev–Trinajstić information content (AvgIpc) is 2.65. The number of hydrogen-bond acceptors (Lipinski definition) is 5. The molecule has 0 radical (unpaired) electrons. The van der Waals surface area contributed by atoms with Gasteiger partial charge in [-0.1, -0.05) is 19.9 Å². The smallest absolute Gasteiger partial charge is 0.326 e. The van der Waals surface area contributed by atoms with E-state index in [9.17, 15) is 18.0 Å². The Morgan fingerprint density at radius 3 is 2.46 bits per heavy atom. The third-order valence-corrected chi connectivity index (χ3v) is 6.29. The van der Waals surface area contributed by atoms with E-state index in [4.69, 9.17) is 9.84 Å². The highest BCUT2D eigenvalue weighted by Gasteiger charge is 2.29. The molecule has 1 aromatic rings. The number of benzene rings is 1. The van der Waals surface area contributed by atoms with Gasteiger partial charge in [0.25, 0.3) is 5.91 Å². The van der Waals surface area contributed by atoms with Crippen LogP contribution in [0.1, 0.15) is 36.2 Å². The number of aryl methyl sites for hydroxylation is 1. The molecule has 1 aliphatic rings. The molecule has 9 heteroatoms. The molecule has 1 atom stereocenters. The van der Waals surface area contributed by atoms with Crippen molar-refractivity contribution in [2.24, 2.45) is 0 Å². The van der Waals surface area contributed by atoms with Crippen molar-refractivity contribution >= 4 is 21.9 Å². The molecule has 1 aromatic carbocycles. The number of rotatable bonds is 7. The highest BCUT2D eigenvalue weighted by molar-refractivity contribution is 7.89. The lowest BCUT2D eigenvalue weighted by atomic mass is 10.1. The zero-order valence-electron chi connectivity index (χ0n) is 14.9. The summed E-state index contributed by atoms with van der Waals surface area (Å²) in [5.74, 6) is -1.74. The highest BCUT2D eigenvalue weighted by Crippen LogP contribution is 2.23. The number of carbonyl (C=O) groups is 2. The summed E-state index contributed by atoms with van der Waals surface area (Å²) in [4.78, 5) is 23.6. The van der Waals surface area contributed by atoms with Gasteiger partial charge in [-0.25, -0.2) is 13.2 Å². The van der Waals surface area contributed by atoms with E-state index in [1.54, 1.807) is 13.0 Å². The van der Waals surface area contributed by atoms with Crippen molar-refractivity contribution < 1.29 is 27.9 Å². The fourth-order valence-electron chi connectivity index (χ4n) is 2.73. The van der Waals surface area contributed by atoms with E-state index >= 15 is 0 Å². The maximum absolute atomic E-state index is 13.0. The second-order valence-corrected chi connectivity index (χ2v) is 7.87. The van der Waals surface area contributed by atoms with Crippen LogP contribution in [0, 0.1) is 0 Å². The highest BCUT2D eigenvalue weighted by atomic mass is 32.2. The maximum Gasteiger partial charge on any atom is 0.326 e. The van der Waals surface area contributed by atoms with Crippen molar-refractivity contribution in [3.05, 3.63) is 29.3 Å². The predicted molar refractivity (Wildman–Crippen MR) is 94.6 cm³/mol. The molecule has 0 bridgehead atoms. The Hall–Kier alpha value is -1.97. The fourth-order valence-corrected chi connectivity index (χ4v) is 4.46. The third-order valence-electron chi connectivity index (χ3n) is 4.31. The predicted octanol–water partition coefficient (Wildman–Crippen LogP) is 0.863. The van der Waals surface area contributed by atoms with E-state index in [-0.39, 0.29) is 30.0 Å². The monoisotopic (exact) mass is 384 g/mol. The normalized spacial score (nSPS) is 16.8. The standard InChI is InChI=1S/C17H24N2O6S/c1-3-12-5-6-13(16(20)18-14(4-2)17(21)22)11-15(12)26(23,24)19-7-9-25-10-8-19/h5-6,11,14H,3-4,7-10H2,1-2H3,(H,18,20)(H,21,22). The molecule has 0 aromatic heterocycles. The SMILES string of the molecule is CCc1ccc(C(=O)NC(CC)C(=O)O)cc1S(=O)(=O)N1CCOCC1. The molecule has 0 saturated carbocycles. The number of sulfonamides is 1. The minimum Gasteiger partial charge on any atom is -0.480 e. The first-order chi connectivity index (χ1) is 12.3. The molecular weight excluding hydrogens is 360 g/mol. The lowest BCUT2D eigenvalue weighted by molar-refractivity contribution is -0.139. The van der Waals surface area contributed by atoms with Crippen LogP contribution in [-0.4, -0.2) is 62.1 Å². The topological polar surface area (TPSA) is 113 Å². The zero-order chi connectivity index (χ0) is 19.3. The Morgan fingerprint density at radius 2 is 1.92 bits per heavy atom. The van der Waals surface area contributed by atoms with Crippen LogP contribution < -0.4 is 5.32 Å². The molecule has 1 fully saturated rings. The van der Waals surface area contributed by atoms with Gasteiger partial charge in [0.1, 0.15) is 6.04 Å². The summed E-state index contributed by atoms with van der Waals surface area (Å²) >= 11 is 0. The number of carbonyl (C=O) groups excluding carboxylic acids is 1. The van der Waals surface area contributed by atoms with E-state index < -0.39 is 27.9 Å².